The van der Waals surface area contributed by atoms with E-state index in [1.165, 1.54) is 35.4 Å². The third-order valence-electron chi connectivity index (χ3n) is 6.09. The van der Waals surface area contributed by atoms with Crippen LogP contribution in [-0.4, -0.2) is 47.1 Å². The Kier molecular flexibility index (Phi) is 7.39. The van der Waals surface area contributed by atoms with Crippen LogP contribution in [0.5, 0.6) is 5.75 Å². The number of nitrogens with zero attached hydrogens (tertiary/aromatic N) is 6. The summed E-state index contributed by atoms with van der Waals surface area (Å²) in [6.07, 6.45) is -1.03. The van der Waals surface area contributed by atoms with Gasteiger partial charge >= 0.3 is 5.69 Å². The first-order chi connectivity index (χ1) is 18.1. The number of hydrazone groups is 1. The molecule has 1 atom stereocenters. The van der Waals surface area contributed by atoms with Crippen LogP contribution < -0.4 is 21.4 Å². The zero-order chi connectivity index (χ0) is 27.6. The second kappa shape index (κ2) is 10.7. The number of nitro groups is 1. The SMILES string of the molecule is CC(=NNc1nc2c(c(=O)n(C)c(=O)n2C)n1CC(O)COc1ccccc1C)c1ccc([N+](=O)[O-])cc1. The lowest BCUT2D eigenvalue weighted by Gasteiger charge is -2.16. The largest absolute Gasteiger partial charge is 0.491 e. The average Bonchev–Trinajstić information content (AvgIpc) is 3.26. The van der Waals surface area contributed by atoms with Crippen molar-refractivity contribution in [3.63, 3.8) is 0 Å². The molecule has 2 aromatic carbocycles. The number of aromatic nitrogens is 4. The third kappa shape index (κ3) is 5.18. The van der Waals surface area contributed by atoms with Crippen LogP contribution in [0, 0.1) is 17.0 Å². The number of non-ortho nitro benzene ring substituents is 1. The summed E-state index contributed by atoms with van der Waals surface area (Å²) in [5, 5.41) is 26.0. The van der Waals surface area contributed by atoms with Gasteiger partial charge in [-0.3, -0.25) is 24.0 Å². The lowest BCUT2D eigenvalue weighted by molar-refractivity contribution is -0.384. The van der Waals surface area contributed by atoms with E-state index in [9.17, 15) is 24.8 Å². The van der Waals surface area contributed by atoms with E-state index in [1.807, 2.05) is 25.1 Å². The first kappa shape index (κ1) is 26.3. The van der Waals surface area contributed by atoms with Crippen LogP contribution in [0.3, 0.4) is 0 Å². The number of ether oxygens (including phenoxy) is 1. The van der Waals surface area contributed by atoms with Gasteiger partial charge in [-0.2, -0.15) is 10.1 Å². The minimum absolute atomic E-state index is 0.0463. The molecule has 13 nitrogen and oxygen atoms in total. The molecule has 0 amide bonds. The predicted octanol–water partition coefficient (Wildman–Crippen LogP) is 1.93. The van der Waals surface area contributed by atoms with Crippen molar-refractivity contribution in [2.24, 2.45) is 19.2 Å². The molecule has 2 N–H and O–H groups in total. The molecular formula is C25H27N7O6. The van der Waals surface area contributed by atoms with E-state index < -0.39 is 22.3 Å². The van der Waals surface area contributed by atoms with E-state index >= 15 is 0 Å². The highest BCUT2D eigenvalue weighted by molar-refractivity contribution is 5.99. The van der Waals surface area contributed by atoms with Crippen molar-refractivity contribution in [2.75, 3.05) is 12.0 Å². The second-order valence-electron chi connectivity index (χ2n) is 8.77. The molecule has 1 unspecified atom stereocenters. The molecule has 198 valence electrons. The van der Waals surface area contributed by atoms with E-state index in [0.717, 1.165) is 10.1 Å². The number of benzene rings is 2. The number of anilines is 1. The molecule has 13 heteroatoms. The normalized spacial score (nSPS) is 12.5. The summed E-state index contributed by atoms with van der Waals surface area (Å²) < 4.78 is 9.42. The maximum atomic E-state index is 13.0. The number of nitro benzene ring substituents is 1. The summed E-state index contributed by atoms with van der Waals surface area (Å²) in [7, 11) is 2.86. The van der Waals surface area contributed by atoms with Crippen molar-refractivity contribution in [1.29, 1.82) is 0 Å². The maximum Gasteiger partial charge on any atom is 0.332 e. The molecule has 2 aromatic heterocycles. The smallest absolute Gasteiger partial charge is 0.332 e. The Bertz CT molecular complexity index is 1650. The minimum Gasteiger partial charge on any atom is -0.491 e. The highest BCUT2D eigenvalue weighted by Crippen LogP contribution is 2.19. The zero-order valence-electron chi connectivity index (χ0n) is 21.3. The van der Waals surface area contributed by atoms with Crippen LogP contribution in [-0.2, 0) is 20.6 Å². The molecule has 0 aliphatic rings. The number of hydrogen-bond donors (Lipinski definition) is 2. The number of imidazole rings is 1. The molecule has 4 rings (SSSR count). The fourth-order valence-electron chi connectivity index (χ4n) is 3.90. The molecule has 0 bridgehead atoms. The van der Waals surface area contributed by atoms with E-state index in [-0.39, 0.29) is 36.0 Å². The van der Waals surface area contributed by atoms with Gasteiger partial charge in [-0.15, -0.1) is 0 Å². The van der Waals surface area contributed by atoms with Gasteiger partial charge in [-0.1, -0.05) is 18.2 Å². The summed E-state index contributed by atoms with van der Waals surface area (Å²) in [4.78, 5) is 40.4. The van der Waals surface area contributed by atoms with Crippen LogP contribution in [0.4, 0.5) is 11.6 Å². The summed E-state index contributed by atoms with van der Waals surface area (Å²) in [6, 6.07) is 13.3. The maximum absolute atomic E-state index is 13.0. The molecule has 0 aliphatic heterocycles. The van der Waals surface area contributed by atoms with Crippen LogP contribution in [0.1, 0.15) is 18.1 Å². The van der Waals surface area contributed by atoms with E-state index in [0.29, 0.717) is 17.0 Å². The van der Waals surface area contributed by atoms with Gasteiger partial charge in [0, 0.05) is 26.2 Å². The molecule has 0 aliphatic carbocycles. The highest BCUT2D eigenvalue weighted by atomic mass is 16.6. The fourth-order valence-corrected chi connectivity index (χ4v) is 3.90. The Labute approximate surface area is 216 Å². The number of para-hydroxylation sites is 1. The van der Waals surface area contributed by atoms with E-state index in [2.05, 4.69) is 15.5 Å². The average molecular weight is 522 g/mol. The topological polar surface area (TPSA) is 159 Å². The van der Waals surface area contributed by atoms with Crippen LogP contribution in [0.15, 0.2) is 63.2 Å². The van der Waals surface area contributed by atoms with Crippen molar-refractivity contribution < 1.29 is 14.8 Å². The van der Waals surface area contributed by atoms with E-state index in [1.54, 1.807) is 25.1 Å². The van der Waals surface area contributed by atoms with Gasteiger partial charge in [0.2, 0.25) is 5.95 Å². The van der Waals surface area contributed by atoms with E-state index in [4.69, 9.17) is 4.74 Å². The second-order valence-corrected chi connectivity index (χ2v) is 8.77. The van der Waals surface area contributed by atoms with Gasteiger partial charge in [-0.05, 0) is 43.2 Å². The number of aliphatic hydroxyl groups is 1. The first-order valence-electron chi connectivity index (χ1n) is 11.7. The minimum atomic E-state index is -1.03. The third-order valence-corrected chi connectivity index (χ3v) is 6.09. The molecule has 0 saturated heterocycles. The number of hydrogen-bond acceptors (Lipinski definition) is 9. The molecule has 38 heavy (non-hydrogen) atoms. The number of nitrogens with one attached hydrogen (secondary N) is 1. The summed E-state index contributed by atoms with van der Waals surface area (Å²) in [5.41, 5.74) is 3.89. The lowest BCUT2D eigenvalue weighted by Crippen LogP contribution is -2.38. The van der Waals surface area contributed by atoms with Crippen molar-refractivity contribution in [2.45, 2.75) is 26.5 Å². The molecular weight excluding hydrogens is 494 g/mol. The Morgan fingerprint density at radius 1 is 1.16 bits per heavy atom. The van der Waals surface area contributed by atoms with Crippen molar-refractivity contribution >= 4 is 28.5 Å². The lowest BCUT2D eigenvalue weighted by atomic mass is 10.1. The Morgan fingerprint density at radius 3 is 2.50 bits per heavy atom. The molecule has 0 saturated carbocycles. The number of aliphatic hydroxyl groups excluding tert-OH is 1. The van der Waals surface area contributed by atoms with Gasteiger partial charge in [0.15, 0.2) is 11.2 Å². The summed E-state index contributed by atoms with van der Waals surface area (Å²) >= 11 is 0. The Morgan fingerprint density at radius 2 is 1.84 bits per heavy atom. The van der Waals surface area contributed by atoms with Gasteiger partial charge < -0.3 is 14.4 Å². The quantitative estimate of drug-likeness (QED) is 0.192. The van der Waals surface area contributed by atoms with Crippen LogP contribution in [0.2, 0.25) is 0 Å². The first-order valence-corrected chi connectivity index (χ1v) is 11.7. The zero-order valence-corrected chi connectivity index (χ0v) is 21.3. The summed E-state index contributed by atoms with van der Waals surface area (Å²) in [6.45, 7) is 3.45. The van der Waals surface area contributed by atoms with Gasteiger partial charge in [0.25, 0.3) is 11.2 Å². The van der Waals surface area contributed by atoms with Crippen molar-refractivity contribution in [3.8, 4) is 5.75 Å². The predicted molar refractivity (Wildman–Crippen MR) is 142 cm³/mol. The van der Waals surface area contributed by atoms with Crippen molar-refractivity contribution in [1.82, 2.24) is 18.7 Å². The molecule has 0 fully saturated rings. The Hall–Kier alpha value is -4.78. The number of fused-ring (bicyclic) bond motifs is 1. The van der Waals surface area contributed by atoms with Gasteiger partial charge in [0.1, 0.15) is 18.5 Å². The number of aryl methyl sites for hydroxylation is 2. The molecule has 4 aromatic rings. The standard InChI is InChI=1S/C25H27N7O6/c1-15-7-5-6-8-20(15)38-14-19(33)13-31-21-22(29(3)25(35)30(4)23(21)34)26-24(31)28-27-16(2)17-9-11-18(12-10-17)32(36)37/h5-12,19,33H,13-14H2,1-4H3,(H,26,28). The number of rotatable bonds is 9. The Balaban J connectivity index is 1.68. The van der Waals surface area contributed by atoms with Crippen LogP contribution >= 0.6 is 0 Å². The monoisotopic (exact) mass is 521 g/mol. The van der Waals surface area contributed by atoms with Gasteiger partial charge in [-0.25, -0.2) is 10.2 Å². The molecule has 0 spiro atoms. The molecule has 0 radical (unpaired) electrons. The fraction of sp³-hybridized carbons (Fsp3) is 0.280. The molecule has 2 heterocycles. The highest BCUT2D eigenvalue weighted by Gasteiger charge is 2.21. The summed E-state index contributed by atoms with van der Waals surface area (Å²) in [5.74, 6) is 0.747. The van der Waals surface area contributed by atoms with Crippen molar-refractivity contribution in [3.05, 3.63) is 90.6 Å². The van der Waals surface area contributed by atoms with Gasteiger partial charge in [0.05, 0.1) is 17.2 Å². The van der Waals surface area contributed by atoms with Crippen LogP contribution in [0.25, 0.3) is 11.2 Å².